The van der Waals surface area contributed by atoms with Crippen molar-refractivity contribution in [3.8, 4) is 44.6 Å². The van der Waals surface area contributed by atoms with Crippen LogP contribution in [0.2, 0.25) is 0 Å². The Bertz CT molecular complexity index is 1620. The first-order valence-electron chi connectivity index (χ1n) is 11.8. The van der Waals surface area contributed by atoms with Crippen LogP contribution in [0.3, 0.4) is 0 Å². The summed E-state index contributed by atoms with van der Waals surface area (Å²) < 4.78 is 0. The predicted octanol–water partition coefficient (Wildman–Crippen LogP) is 8.61. The number of rotatable bonds is 4. The van der Waals surface area contributed by atoms with E-state index in [4.69, 9.17) is 4.98 Å². The molecule has 0 spiro atoms. The van der Waals surface area contributed by atoms with Gasteiger partial charge in [-0.15, -0.1) is 0 Å². The monoisotopic (exact) mass is 448 g/mol. The van der Waals surface area contributed by atoms with E-state index >= 15 is 0 Å². The van der Waals surface area contributed by atoms with Gasteiger partial charge in [0.15, 0.2) is 0 Å². The Morgan fingerprint density at radius 3 is 2.00 bits per heavy atom. The van der Waals surface area contributed by atoms with Crippen molar-refractivity contribution < 1.29 is 0 Å². The Balaban J connectivity index is 1.64. The molecule has 0 aliphatic heterocycles. The van der Waals surface area contributed by atoms with Crippen LogP contribution in [-0.2, 0) is 0 Å². The third kappa shape index (κ3) is 3.89. The van der Waals surface area contributed by atoms with Crippen molar-refractivity contribution in [2.24, 2.45) is 0 Å². The molecule has 6 rings (SSSR count). The van der Waals surface area contributed by atoms with Crippen molar-refractivity contribution in [3.05, 3.63) is 133 Å². The van der Waals surface area contributed by atoms with Gasteiger partial charge in [0.1, 0.15) is 0 Å². The Morgan fingerprint density at radius 2 is 1.20 bits per heavy atom. The molecule has 0 aliphatic carbocycles. The van der Waals surface area contributed by atoms with Crippen molar-refractivity contribution in [1.82, 2.24) is 9.97 Å². The highest BCUT2D eigenvalue weighted by Gasteiger charge is 2.18. The Morgan fingerprint density at radius 1 is 0.457 bits per heavy atom. The van der Waals surface area contributed by atoms with Gasteiger partial charge in [0.2, 0.25) is 0 Å². The highest BCUT2D eigenvalue weighted by Crippen LogP contribution is 2.42. The number of fused-ring (bicyclic) bond motifs is 1. The molecule has 0 aliphatic rings. The van der Waals surface area contributed by atoms with Crippen LogP contribution in [0.15, 0.2) is 128 Å². The third-order valence-corrected chi connectivity index (χ3v) is 6.49. The molecule has 2 nitrogen and oxygen atoms in total. The molecule has 0 radical (unpaired) electrons. The minimum atomic E-state index is 0.960. The van der Waals surface area contributed by atoms with Crippen molar-refractivity contribution in [2.45, 2.75) is 6.92 Å². The van der Waals surface area contributed by atoms with Crippen LogP contribution >= 0.6 is 0 Å². The molecule has 0 saturated carbocycles. The molecule has 166 valence electrons. The summed E-state index contributed by atoms with van der Waals surface area (Å²) in [5.41, 5.74) is 11.3. The van der Waals surface area contributed by atoms with Crippen LogP contribution in [0.5, 0.6) is 0 Å². The van der Waals surface area contributed by atoms with Gasteiger partial charge in [-0.1, -0.05) is 103 Å². The zero-order valence-electron chi connectivity index (χ0n) is 19.5. The summed E-state index contributed by atoms with van der Waals surface area (Å²) >= 11 is 0. The van der Waals surface area contributed by atoms with Crippen molar-refractivity contribution in [1.29, 1.82) is 0 Å². The van der Waals surface area contributed by atoms with Crippen molar-refractivity contribution in [3.63, 3.8) is 0 Å². The average Bonchev–Trinajstić information content (AvgIpc) is 2.93. The van der Waals surface area contributed by atoms with E-state index in [0.717, 1.165) is 38.9 Å². The second-order valence-corrected chi connectivity index (χ2v) is 8.74. The quantitative estimate of drug-likeness (QED) is 0.270. The van der Waals surface area contributed by atoms with Gasteiger partial charge in [-0.25, -0.2) is 0 Å². The first-order chi connectivity index (χ1) is 17.3. The molecule has 2 aromatic heterocycles. The van der Waals surface area contributed by atoms with E-state index in [-0.39, 0.29) is 0 Å². The molecule has 2 heterocycles. The maximum atomic E-state index is 4.88. The van der Waals surface area contributed by atoms with Crippen molar-refractivity contribution in [2.75, 3.05) is 0 Å². The molecular weight excluding hydrogens is 424 g/mol. The molecule has 0 amide bonds. The van der Waals surface area contributed by atoms with Gasteiger partial charge in [0.25, 0.3) is 0 Å². The zero-order valence-corrected chi connectivity index (χ0v) is 19.5. The Hall–Kier alpha value is -4.56. The topological polar surface area (TPSA) is 25.8 Å². The summed E-state index contributed by atoms with van der Waals surface area (Å²) in [6.45, 7) is 2.12. The molecule has 2 heteroatoms. The number of nitrogens with zero attached hydrogens (tertiary/aromatic N) is 2. The summed E-state index contributed by atoms with van der Waals surface area (Å²) in [5.74, 6) is 0. The highest BCUT2D eigenvalue weighted by molar-refractivity contribution is 6.06. The van der Waals surface area contributed by atoms with Crippen molar-refractivity contribution >= 4 is 10.9 Å². The summed E-state index contributed by atoms with van der Waals surface area (Å²) in [7, 11) is 0. The lowest BCUT2D eigenvalue weighted by atomic mass is 9.87. The largest absolute Gasteiger partial charge is 0.256 e. The van der Waals surface area contributed by atoms with Gasteiger partial charge >= 0.3 is 0 Å². The molecule has 0 N–H and O–H groups in total. The fourth-order valence-electron chi connectivity index (χ4n) is 4.80. The van der Waals surface area contributed by atoms with E-state index in [0.29, 0.717) is 0 Å². The maximum Gasteiger partial charge on any atom is 0.0786 e. The van der Waals surface area contributed by atoms with E-state index in [1.165, 1.54) is 22.3 Å². The standard InChI is InChI=1S/C33H24N2/c1-23-15-17-24(18-16-23)26-19-20-29(33-28(26)13-8-22-35-33)27-11-7-12-30(31-14-5-6-21-34-31)32(27)25-9-3-2-4-10-25/h2-22H,1H3. The molecule has 0 atom stereocenters. The lowest BCUT2D eigenvalue weighted by molar-refractivity contribution is 1.33. The first-order valence-corrected chi connectivity index (χ1v) is 11.8. The lowest BCUT2D eigenvalue weighted by Crippen LogP contribution is -1.94. The number of hydrogen-bond acceptors (Lipinski definition) is 2. The van der Waals surface area contributed by atoms with E-state index in [2.05, 4.69) is 109 Å². The van der Waals surface area contributed by atoms with E-state index < -0.39 is 0 Å². The smallest absolute Gasteiger partial charge is 0.0786 e. The van der Waals surface area contributed by atoms with Gasteiger partial charge in [0.05, 0.1) is 11.2 Å². The number of aryl methyl sites for hydroxylation is 1. The molecular formula is C33H24N2. The molecule has 4 aromatic carbocycles. The first kappa shape index (κ1) is 21.0. The minimum absolute atomic E-state index is 0.960. The summed E-state index contributed by atoms with van der Waals surface area (Å²) in [5, 5.41) is 1.15. The zero-order chi connectivity index (χ0) is 23.6. The number of hydrogen-bond donors (Lipinski definition) is 0. The molecule has 0 bridgehead atoms. The lowest BCUT2D eigenvalue weighted by Gasteiger charge is -2.18. The normalized spacial score (nSPS) is 11.0. The number of benzene rings is 4. The van der Waals surface area contributed by atoms with Gasteiger partial charge in [-0.3, -0.25) is 9.97 Å². The minimum Gasteiger partial charge on any atom is -0.256 e. The maximum absolute atomic E-state index is 4.88. The number of pyridine rings is 2. The second-order valence-electron chi connectivity index (χ2n) is 8.74. The Labute approximate surface area is 205 Å². The van der Waals surface area contributed by atoms with Gasteiger partial charge < -0.3 is 0 Å². The fraction of sp³-hybridized carbons (Fsp3) is 0.0303. The van der Waals surface area contributed by atoms with E-state index in [1.54, 1.807) is 0 Å². The Kier molecular flexibility index (Phi) is 5.40. The molecule has 0 saturated heterocycles. The predicted molar refractivity (Wildman–Crippen MR) is 146 cm³/mol. The van der Waals surface area contributed by atoms with Crippen LogP contribution in [0.1, 0.15) is 5.56 Å². The molecule has 0 unspecified atom stereocenters. The van der Waals surface area contributed by atoms with E-state index in [1.807, 2.05) is 30.6 Å². The number of aromatic nitrogens is 2. The van der Waals surface area contributed by atoms with Crippen LogP contribution in [0, 0.1) is 6.92 Å². The van der Waals surface area contributed by atoms with Crippen LogP contribution in [0.4, 0.5) is 0 Å². The third-order valence-electron chi connectivity index (χ3n) is 6.49. The second kappa shape index (κ2) is 9.00. The fourth-order valence-corrected chi connectivity index (χ4v) is 4.80. The van der Waals surface area contributed by atoms with Gasteiger partial charge in [-0.05, 0) is 52.9 Å². The van der Waals surface area contributed by atoms with Gasteiger partial charge in [0, 0.05) is 28.9 Å². The van der Waals surface area contributed by atoms with Crippen LogP contribution in [0.25, 0.3) is 55.5 Å². The van der Waals surface area contributed by atoms with Gasteiger partial charge in [-0.2, -0.15) is 0 Å². The average molecular weight is 449 g/mol. The van der Waals surface area contributed by atoms with Crippen LogP contribution in [-0.4, -0.2) is 9.97 Å². The molecule has 0 fully saturated rings. The van der Waals surface area contributed by atoms with Crippen LogP contribution < -0.4 is 0 Å². The summed E-state index contributed by atoms with van der Waals surface area (Å²) in [4.78, 5) is 9.56. The summed E-state index contributed by atoms with van der Waals surface area (Å²) in [6.07, 6.45) is 3.74. The van der Waals surface area contributed by atoms with E-state index in [9.17, 15) is 0 Å². The highest BCUT2D eigenvalue weighted by atomic mass is 14.7. The molecule has 6 aromatic rings. The SMILES string of the molecule is Cc1ccc(-c2ccc(-c3cccc(-c4ccccn4)c3-c3ccccc3)c3ncccc23)cc1. The summed E-state index contributed by atoms with van der Waals surface area (Å²) in [6, 6.07) is 40.4. The molecule has 35 heavy (non-hydrogen) atoms.